The Morgan fingerprint density at radius 3 is 2.23 bits per heavy atom. The first-order valence-corrected chi connectivity index (χ1v) is 23.7. The van der Waals surface area contributed by atoms with Crippen LogP contribution in [0.15, 0.2) is 91.1 Å². The predicted octanol–water partition coefficient (Wildman–Crippen LogP) is 8.70. The number of methoxy groups -OCH3 is 2. The molecule has 17 heteroatoms. The van der Waals surface area contributed by atoms with Crippen LogP contribution in [0.3, 0.4) is 0 Å². The zero-order valence-corrected chi connectivity index (χ0v) is 38.2. The highest BCUT2D eigenvalue weighted by atomic mass is 19.3. The van der Waals surface area contributed by atoms with E-state index in [-0.39, 0.29) is 52.9 Å². The highest BCUT2D eigenvalue weighted by molar-refractivity contribution is 5.90. The highest BCUT2D eigenvalue weighted by Gasteiger charge is 2.52. The van der Waals surface area contributed by atoms with Gasteiger partial charge < -0.3 is 44.6 Å². The van der Waals surface area contributed by atoms with Crippen LogP contribution in [-0.4, -0.2) is 99.8 Å². The van der Waals surface area contributed by atoms with Crippen LogP contribution < -0.4 is 10.6 Å². The maximum Gasteiger partial charge on any atom is 0.407 e. The van der Waals surface area contributed by atoms with Gasteiger partial charge in [0.1, 0.15) is 23.7 Å². The van der Waals surface area contributed by atoms with Gasteiger partial charge in [-0.2, -0.15) is 8.78 Å². The van der Waals surface area contributed by atoms with Crippen molar-refractivity contribution in [3.8, 4) is 33.5 Å². The number of fused-ring (bicyclic) bond motifs is 6. The zero-order chi connectivity index (χ0) is 47.6. The predicted molar refractivity (Wildman–Crippen MR) is 250 cm³/mol. The van der Waals surface area contributed by atoms with E-state index in [0.29, 0.717) is 95.2 Å². The van der Waals surface area contributed by atoms with Gasteiger partial charge in [0.2, 0.25) is 5.91 Å². The molecule has 4 fully saturated rings. The maximum atomic E-state index is 16.7. The molecule has 5 heterocycles. The summed E-state index contributed by atoms with van der Waals surface area (Å²) in [5, 5.41) is 5.52. The number of carbonyl (C=O) groups is 4. The summed E-state index contributed by atoms with van der Waals surface area (Å²) in [5.74, 6) is -2.49. The quantitative estimate of drug-likeness (QED) is 0.104. The Bertz CT molecular complexity index is 2970. The van der Waals surface area contributed by atoms with Crippen LogP contribution in [0.25, 0.3) is 44.5 Å². The number of ether oxygens (including phenoxy) is 3. The number of carbonyl (C=O) groups excluding carboxylic acids is 4. The number of H-pyrrole nitrogens is 2. The van der Waals surface area contributed by atoms with Crippen molar-refractivity contribution in [3.05, 3.63) is 119 Å². The Morgan fingerprint density at radius 2 is 1.48 bits per heavy atom. The van der Waals surface area contributed by atoms with Gasteiger partial charge in [0.05, 0.1) is 49.2 Å². The number of benzene rings is 4. The molecule has 1 unspecified atom stereocenters. The normalized spacial score (nSPS) is 22.3. The number of halogens is 2. The number of rotatable bonds is 10. The van der Waals surface area contributed by atoms with Gasteiger partial charge in [0.15, 0.2) is 0 Å². The lowest BCUT2D eigenvalue weighted by atomic mass is 9.90. The first-order chi connectivity index (χ1) is 33.5. The van der Waals surface area contributed by atoms with Crippen molar-refractivity contribution >= 4 is 35.0 Å². The molecule has 11 rings (SSSR count). The van der Waals surface area contributed by atoms with E-state index < -0.39 is 30.2 Å². The van der Waals surface area contributed by atoms with Gasteiger partial charge in [-0.15, -0.1) is 0 Å². The molecule has 69 heavy (non-hydrogen) atoms. The van der Waals surface area contributed by atoms with E-state index in [0.717, 1.165) is 31.2 Å². The molecule has 4 N–H and O–H groups in total. The molecule has 5 aliphatic rings. The summed E-state index contributed by atoms with van der Waals surface area (Å²) in [6, 6.07) is 22.5. The van der Waals surface area contributed by atoms with Crippen LogP contribution in [-0.2, 0) is 29.7 Å². The second kappa shape index (κ2) is 17.7. The third-order valence-electron chi connectivity index (χ3n) is 15.0. The monoisotopic (exact) mass is 938 g/mol. The molecule has 4 amide bonds. The molecule has 3 aliphatic heterocycles. The largest absolute Gasteiger partial charge is 0.453 e. The van der Waals surface area contributed by atoms with Gasteiger partial charge in [-0.05, 0) is 109 Å². The molecule has 2 aromatic heterocycles. The number of likely N-dealkylation sites (tertiary alicyclic amines) is 2. The summed E-state index contributed by atoms with van der Waals surface area (Å²) in [6.45, 7) is 1.49. The molecule has 15 nitrogen and oxygen atoms in total. The summed E-state index contributed by atoms with van der Waals surface area (Å²) in [7, 11) is 2.54. The minimum absolute atomic E-state index is 0.00739. The Kier molecular flexibility index (Phi) is 11.4. The Hall–Kier alpha value is -7.14. The van der Waals surface area contributed by atoms with E-state index in [1.165, 1.54) is 20.3 Å². The van der Waals surface area contributed by atoms with Crippen molar-refractivity contribution in [3.63, 3.8) is 0 Å². The fourth-order valence-corrected chi connectivity index (χ4v) is 11.6. The van der Waals surface area contributed by atoms with Gasteiger partial charge in [-0.1, -0.05) is 60.7 Å². The molecule has 0 spiro atoms. The molecule has 0 radical (unpaired) electrons. The van der Waals surface area contributed by atoms with Crippen LogP contribution in [0, 0.1) is 11.8 Å². The van der Waals surface area contributed by atoms with Crippen LogP contribution in [0.2, 0.25) is 0 Å². The van der Waals surface area contributed by atoms with Crippen LogP contribution in [0.5, 0.6) is 0 Å². The van der Waals surface area contributed by atoms with E-state index in [4.69, 9.17) is 19.2 Å². The first-order valence-electron chi connectivity index (χ1n) is 23.7. The summed E-state index contributed by atoms with van der Waals surface area (Å²) in [4.78, 5) is 73.4. The molecule has 2 bridgehead atoms. The van der Waals surface area contributed by atoms with Crippen LogP contribution in [0.1, 0.15) is 91.4 Å². The Morgan fingerprint density at radius 1 is 0.783 bits per heavy atom. The second-order valence-corrected chi connectivity index (χ2v) is 18.8. The average Bonchev–Trinajstić information content (AvgIpc) is 4.26. The molecular formula is C52H52F2N8O7. The number of piperidine rings is 1. The lowest BCUT2D eigenvalue weighted by Gasteiger charge is -2.36. The summed E-state index contributed by atoms with van der Waals surface area (Å²) >= 11 is 0. The molecular weight excluding hydrogens is 887 g/mol. The van der Waals surface area contributed by atoms with Gasteiger partial charge in [-0.3, -0.25) is 9.59 Å². The fourth-order valence-electron chi connectivity index (χ4n) is 11.6. The van der Waals surface area contributed by atoms with Crippen molar-refractivity contribution in [2.45, 2.75) is 81.1 Å². The van der Waals surface area contributed by atoms with Crippen molar-refractivity contribution in [1.29, 1.82) is 0 Å². The molecule has 4 aromatic carbocycles. The first kappa shape index (κ1) is 44.4. The van der Waals surface area contributed by atoms with Crippen LogP contribution >= 0.6 is 0 Å². The van der Waals surface area contributed by atoms with Gasteiger partial charge >= 0.3 is 12.2 Å². The van der Waals surface area contributed by atoms with Gasteiger partial charge in [-0.25, -0.2) is 19.6 Å². The standard InChI is InChI=1S/C52H52F2N8O7/c1-67-50(65)59-43(29-18-21-69-22-19-29)48(63)61-20-6-9-42(61)46-55-27-41(58-46)32-12-16-36-35-15-11-30(24-37(35)52(53,54)38(36)25-32)31-13-17-39-40(26-31)57-47(56-39)45-33-10-14-34(23-33)62(45)49(64)44(60-51(66)68-2)28-7-4-3-5-8-28/h3-5,7-8,11-13,15-17,24-27,29,33-34,42-45H,6,9-10,14,18-23H2,1-2H3,(H,55,58)(H,56,57)(H,59,65)(H,60,66)/t33-,34-,42+,43+,44?,45+/m1/s1. The SMILES string of the molecule is COC(=O)NC(C(=O)N1[C@@H]2CC[C@H](C2)[C@H]1c1nc2ccc(-c3ccc4c(c3)C(F)(F)c3cc(-c5cnc([C@@H]6CCCN6C(=O)[C@@H](NC(=O)OC)C6CCOCC6)[nH]5)ccc3-4)cc2[nH]1)c1ccccc1. The van der Waals surface area contributed by atoms with Crippen LogP contribution in [0.4, 0.5) is 18.4 Å². The van der Waals surface area contributed by atoms with E-state index in [2.05, 4.69) is 25.6 Å². The smallest absolute Gasteiger partial charge is 0.407 e. The second-order valence-electron chi connectivity index (χ2n) is 18.8. The van der Waals surface area contributed by atoms with Crippen molar-refractivity contribution in [2.24, 2.45) is 11.8 Å². The molecule has 1 saturated carbocycles. The lowest BCUT2D eigenvalue weighted by Crippen LogP contribution is -2.53. The third kappa shape index (κ3) is 7.85. The molecule has 6 atom stereocenters. The number of imidazole rings is 2. The number of aromatic amines is 2. The van der Waals surface area contributed by atoms with Gasteiger partial charge in [0.25, 0.3) is 11.8 Å². The third-order valence-corrected chi connectivity index (χ3v) is 15.0. The number of nitrogens with one attached hydrogen (secondary N) is 4. The Balaban J connectivity index is 0.830. The van der Waals surface area contributed by atoms with Gasteiger partial charge in [0, 0.05) is 42.5 Å². The number of hydrogen-bond donors (Lipinski definition) is 4. The lowest BCUT2D eigenvalue weighted by molar-refractivity contribution is -0.138. The fraction of sp³-hybridized carbons (Fsp3) is 0.385. The minimum atomic E-state index is -3.30. The summed E-state index contributed by atoms with van der Waals surface area (Å²) in [6.07, 6.45) is 5.52. The number of amides is 4. The van der Waals surface area contributed by atoms with Crippen molar-refractivity contribution in [1.82, 2.24) is 40.4 Å². The number of nitrogens with zero attached hydrogens (tertiary/aromatic N) is 4. The zero-order valence-electron chi connectivity index (χ0n) is 38.2. The van der Waals surface area contributed by atoms with E-state index in [1.54, 1.807) is 35.4 Å². The maximum absolute atomic E-state index is 16.7. The Labute approximate surface area is 396 Å². The minimum Gasteiger partial charge on any atom is -0.453 e. The highest BCUT2D eigenvalue weighted by Crippen LogP contribution is 2.54. The van der Waals surface area contributed by atoms with E-state index >= 15 is 8.78 Å². The molecule has 2 aliphatic carbocycles. The number of aromatic nitrogens is 4. The topological polar surface area (TPSA) is 184 Å². The molecule has 6 aromatic rings. The van der Waals surface area contributed by atoms with Crippen molar-refractivity contribution < 1.29 is 42.2 Å². The summed E-state index contributed by atoms with van der Waals surface area (Å²) in [5.41, 5.74) is 5.18. The van der Waals surface area contributed by atoms with E-state index in [1.807, 2.05) is 59.5 Å². The summed E-state index contributed by atoms with van der Waals surface area (Å²) < 4.78 is 48.7. The number of alkyl halides is 2. The molecule has 3 saturated heterocycles. The van der Waals surface area contributed by atoms with E-state index in [9.17, 15) is 19.2 Å². The molecule has 356 valence electrons. The van der Waals surface area contributed by atoms with Crippen molar-refractivity contribution in [2.75, 3.05) is 34.0 Å². The number of hydrogen-bond acceptors (Lipinski definition) is 9. The average molecular weight is 939 g/mol. The number of alkyl carbamates (subject to hydrolysis) is 2.